The van der Waals surface area contributed by atoms with Crippen LogP contribution in [0.3, 0.4) is 0 Å². The third kappa shape index (κ3) is 2.70. The molecule has 6 heteroatoms. The quantitative estimate of drug-likeness (QED) is 0.398. The highest BCUT2D eigenvalue weighted by molar-refractivity contribution is 6.38. The van der Waals surface area contributed by atoms with Gasteiger partial charge in [0.1, 0.15) is 6.10 Å². The molecule has 1 N–H and O–H groups in total. The van der Waals surface area contributed by atoms with Crippen LogP contribution in [0, 0.1) is 0 Å². The van der Waals surface area contributed by atoms with Crippen molar-refractivity contribution in [3.05, 3.63) is 5.53 Å². The number of Topliss-reactive ketones (excluding diaryl/α,β-unsaturated/α-hetero) is 1. The molecule has 1 aliphatic heterocycles. The number of aliphatic hydroxyl groups excluding tert-OH is 1. The van der Waals surface area contributed by atoms with Crippen LogP contribution < -0.4 is 0 Å². The molecule has 0 saturated carbocycles. The Bertz CT molecular complexity index is 320. The van der Waals surface area contributed by atoms with Crippen LogP contribution in [0.4, 0.5) is 0 Å². The van der Waals surface area contributed by atoms with E-state index in [-0.39, 0.29) is 12.3 Å². The Morgan fingerprint density at radius 2 is 2.27 bits per heavy atom. The zero-order valence-electron chi connectivity index (χ0n) is 8.93. The molecule has 0 spiro atoms. The molecule has 0 aromatic heterocycles. The van der Waals surface area contributed by atoms with E-state index in [4.69, 9.17) is 15.0 Å². The highest BCUT2D eigenvalue weighted by Crippen LogP contribution is 2.24. The van der Waals surface area contributed by atoms with Crippen molar-refractivity contribution >= 4 is 11.5 Å². The van der Waals surface area contributed by atoms with E-state index < -0.39 is 23.8 Å². The Morgan fingerprint density at radius 3 is 2.60 bits per heavy atom. The van der Waals surface area contributed by atoms with Gasteiger partial charge in [0, 0.05) is 6.92 Å². The molecular weight excluding hydrogens is 200 g/mol. The minimum atomic E-state index is -1.27. The van der Waals surface area contributed by atoms with E-state index in [1.165, 1.54) is 6.92 Å². The Balaban J connectivity index is 2.74. The van der Waals surface area contributed by atoms with Crippen molar-refractivity contribution in [2.45, 2.75) is 38.8 Å². The molecule has 0 aliphatic carbocycles. The molecular formula is C9H14N2O4. The Kier molecular flexibility index (Phi) is 3.36. The average Bonchev–Trinajstić information content (AvgIpc) is 2.46. The minimum Gasteiger partial charge on any atom is -0.378 e. The Hall–Kier alpha value is -1.07. The van der Waals surface area contributed by atoms with Crippen molar-refractivity contribution in [1.82, 2.24) is 0 Å². The molecule has 1 heterocycles. The second-order valence-electron chi connectivity index (χ2n) is 3.85. The fourth-order valence-corrected chi connectivity index (χ4v) is 1.38. The number of carbonyl (C=O) groups is 1. The highest BCUT2D eigenvalue weighted by atomic mass is 16.7. The molecule has 1 aliphatic rings. The molecule has 1 saturated heterocycles. The summed E-state index contributed by atoms with van der Waals surface area (Å²) in [6, 6.07) is 0. The third-order valence-corrected chi connectivity index (χ3v) is 2.13. The lowest BCUT2D eigenvalue weighted by molar-refractivity contribution is -0.149. The average molecular weight is 214 g/mol. The van der Waals surface area contributed by atoms with Gasteiger partial charge in [-0.05, 0) is 13.8 Å². The van der Waals surface area contributed by atoms with E-state index in [9.17, 15) is 9.90 Å². The van der Waals surface area contributed by atoms with E-state index in [2.05, 4.69) is 4.79 Å². The fourth-order valence-electron chi connectivity index (χ4n) is 1.38. The molecule has 0 radical (unpaired) electrons. The second-order valence-corrected chi connectivity index (χ2v) is 3.85. The number of rotatable bonds is 3. The van der Waals surface area contributed by atoms with Crippen LogP contribution in [0.25, 0.3) is 5.53 Å². The van der Waals surface area contributed by atoms with Gasteiger partial charge in [-0.15, -0.1) is 0 Å². The summed E-state index contributed by atoms with van der Waals surface area (Å²) in [6.07, 6.45) is -1.95. The molecule has 0 unspecified atom stereocenters. The summed E-state index contributed by atoms with van der Waals surface area (Å²) in [5, 5.41) is 9.69. The zero-order chi connectivity index (χ0) is 11.6. The maximum absolute atomic E-state index is 11.0. The first-order chi connectivity index (χ1) is 6.87. The lowest BCUT2D eigenvalue weighted by Gasteiger charge is -2.18. The number of hydrogen-bond donors (Lipinski definition) is 1. The third-order valence-electron chi connectivity index (χ3n) is 2.13. The summed E-state index contributed by atoms with van der Waals surface area (Å²) in [7, 11) is 0. The van der Waals surface area contributed by atoms with E-state index >= 15 is 0 Å². The van der Waals surface area contributed by atoms with Crippen LogP contribution in [-0.4, -0.2) is 46.0 Å². The van der Waals surface area contributed by atoms with Gasteiger partial charge in [0.15, 0.2) is 11.9 Å². The SMILES string of the molecule is CC(=O)C(=[N+]=[N-])[C@H](O)[C@H]1COC(C)(C)O1. The predicted octanol–water partition coefficient (Wildman–Crippen LogP) is -0.241. The largest absolute Gasteiger partial charge is 0.378 e. The molecule has 0 bridgehead atoms. The van der Waals surface area contributed by atoms with Gasteiger partial charge in [-0.2, -0.15) is 4.79 Å². The van der Waals surface area contributed by atoms with E-state index in [0.29, 0.717) is 0 Å². The number of nitrogens with zero attached hydrogens (tertiary/aromatic N) is 2. The van der Waals surface area contributed by atoms with Crippen molar-refractivity contribution in [3.8, 4) is 0 Å². The molecule has 6 nitrogen and oxygen atoms in total. The molecule has 0 aromatic carbocycles. The van der Waals surface area contributed by atoms with Crippen LogP contribution >= 0.6 is 0 Å². The van der Waals surface area contributed by atoms with Gasteiger partial charge in [-0.3, -0.25) is 4.79 Å². The summed E-state index contributed by atoms with van der Waals surface area (Å²) in [5.41, 5.74) is 8.25. The standard InChI is InChI=1S/C9H14N2O4/c1-5(12)7(11-10)8(13)6-4-14-9(2,3)15-6/h6,8,13H,4H2,1-3H3/t6-,8-/m1/s1. The van der Waals surface area contributed by atoms with E-state index in [1.54, 1.807) is 13.8 Å². The van der Waals surface area contributed by atoms with Crippen LogP contribution in [0.1, 0.15) is 20.8 Å². The number of ketones is 1. The van der Waals surface area contributed by atoms with Crippen LogP contribution in [-0.2, 0) is 14.3 Å². The molecule has 84 valence electrons. The van der Waals surface area contributed by atoms with Crippen molar-refractivity contribution < 1.29 is 24.2 Å². The van der Waals surface area contributed by atoms with Crippen LogP contribution in [0.2, 0.25) is 0 Å². The Labute approximate surface area is 87.4 Å². The van der Waals surface area contributed by atoms with Crippen molar-refractivity contribution in [1.29, 1.82) is 0 Å². The van der Waals surface area contributed by atoms with E-state index in [0.717, 1.165) is 0 Å². The minimum absolute atomic E-state index is 0.153. The lowest BCUT2D eigenvalue weighted by atomic mass is 10.1. The van der Waals surface area contributed by atoms with Crippen LogP contribution in [0.15, 0.2) is 0 Å². The molecule has 15 heavy (non-hydrogen) atoms. The Morgan fingerprint density at radius 1 is 1.67 bits per heavy atom. The van der Waals surface area contributed by atoms with Crippen molar-refractivity contribution in [2.24, 2.45) is 0 Å². The molecule has 1 fully saturated rings. The van der Waals surface area contributed by atoms with Gasteiger partial charge in [0.2, 0.25) is 5.78 Å². The summed E-state index contributed by atoms with van der Waals surface area (Å²) in [6.45, 7) is 4.76. The lowest BCUT2D eigenvalue weighted by Crippen LogP contribution is -2.40. The molecule has 0 aromatic rings. The maximum atomic E-state index is 11.0. The summed E-state index contributed by atoms with van der Waals surface area (Å²) >= 11 is 0. The van der Waals surface area contributed by atoms with Gasteiger partial charge in [-0.1, -0.05) is 0 Å². The topological polar surface area (TPSA) is 92.2 Å². The molecule has 2 atom stereocenters. The fraction of sp³-hybridized carbons (Fsp3) is 0.778. The summed E-state index contributed by atoms with van der Waals surface area (Å²) in [5.74, 6) is -1.29. The van der Waals surface area contributed by atoms with Gasteiger partial charge in [-0.25, -0.2) is 0 Å². The first kappa shape index (κ1) is 12.0. The van der Waals surface area contributed by atoms with Gasteiger partial charge < -0.3 is 20.1 Å². The number of ether oxygens (including phenoxy) is 2. The normalized spacial score (nSPS) is 25.7. The summed E-state index contributed by atoms with van der Waals surface area (Å²) < 4.78 is 10.5. The first-order valence-corrected chi connectivity index (χ1v) is 4.60. The van der Waals surface area contributed by atoms with Crippen molar-refractivity contribution in [3.63, 3.8) is 0 Å². The monoisotopic (exact) mass is 214 g/mol. The van der Waals surface area contributed by atoms with Gasteiger partial charge in [0.05, 0.1) is 6.61 Å². The zero-order valence-corrected chi connectivity index (χ0v) is 8.93. The predicted molar refractivity (Wildman–Crippen MR) is 50.2 cm³/mol. The maximum Gasteiger partial charge on any atom is 0.364 e. The first-order valence-electron chi connectivity index (χ1n) is 4.60. The van der Waals surface area contributed by atoms with E-state index in [1.807, 2.05) is 0 Å². The van der Waals surface area contributed by atoms with Crippen molar-refractivity contribution in [2.75, 3.05) is 6.61 Å². The highest BCUT2D eigenvalue weighted by Gasteiger charge is 2.42. The molecule has 1 rings (SSSR count). The molecule has 0 amide bonds. The van der Waals surface area contributed by atoms with Gasteiger partial charge in [0.25, 0.3) is 0 Å². The number of aliphatic hydroxyl groups is 1. The second kappa shape index (κ2) is 4.20. The smallest absolute Gasteiger partial charge is 0.364 e. The van der Waals surface area contributed by atoms with Crippen LogP contribution in [0.5, 0.6) is 0 Å². The van der Waals surface area contributed by atoms with Gasteiger partial charge >= 0.3 is 5.71 Å². The number of hydrogen-bond acceptors (Lipinski definition) is 4. The number of carbonyl (C=O) groups excluding carboxylic acids is 1. The summed E-state index contributed by atoms with van der Waals surface area (Å²) in [4.78, 5) is 13.7.